The van der Waals surface area contributed by atoms with E-state index in [1.54, 1.807) is 86.6 Å². The first kappa shape index (κ1) is 24.0. The van der Waals surface area contributed by atoms with Crippen molar-refractivity contribution in [1.29, 1.82) is 0 Å². The number of alkyl halides is 3. The average molecular weight is 505 g/mol. The van der Waals surface area contributed by atoms with Crippen molar-refractivity contribution in [3.05, 3.63) is 89.6 Å². The monoisotopic (exact) mass is 504 g/mol. The number of nitrogens with zero attached hydrogens (tertiary/aromatic N) is 2. The molecule has 0 radical (unpaired) electrons. The highest BCUT2D eigenvalue weighted by Crippen LogP contribution is 2.35. The molecule has 3 aromatic carbocycles. The van der Waals surface area contributed by atoms with Crippen molar-refractivity contribution >= 4 is 21.4 Å². The number of para-hydroxylation sites is 1. The van der Waals surface area contributed by atoms with E-state index in [1.807, 2.05) is 0 Å². The van der Waals surface area contributed by atoms with Crippen molar-refractivity contribution in [2.45, 2.75) is 30.2 Å². The summed E-state index contributed by atoms with van der Waals surface area (Å²) in [6.07, 6.45) is -4.62. The summed E-state index contributed by atoms with van der Waals surface area (Å²) in [7, 11) is -3.44. The highest BCUT2D eigenvalue weighted by Gasteiger charge is 2.35. The fourth-order valence-electron chi connectivity index (χ4n) is 3.49. The van der Waals surface area contributed by atoms with Crippen molar-refractivity contribution in [1.82, 2.24) is 9.78 Å². The molecule has 0 atom stereocenters. The smallest absolute Gasteiger partial charge is 0.231 e. The lowest BCUT2D eigenvalue weighted by atomic mass is 10.0. The second kappa shape index (κ2) is 8.92. The summed E-state index contributed by atoms with van der Waals surface area (Å²) in [5.74, 6) is 0. The van der Waals surface area contributed by atoms with Crippen LogP contribution in [0.15, 0.2) is 83.8 Å². The van der Waals surface area contributed by atoms with Gasteiger partial charge in [0, 0.05) is 5.56 Å². The highest BCUT2D eigenvalue weighted by molar-refractivity contribution is 7.92. The maximum absolute atomic E-state index is 13.4. The second-order valence-electron chi connectivity index (χ2n) is 7.97. The van der Waals surface area contributed by atoms with Gasteiger partial charge in [-0.3, -0.25) is 0 Å². The third kappa shape index (κ3) is 4.60. The van der Waals surface area contributed by atoms with Gasteiger partial charge in [-0.05, 0) is 55.3 Å². The Labute approximate surface area is 200 Å². The van der Waals surface area contributed by atoms with Crippen LogP contribution in [0, 0.1) is 0 Å². The molecule has 0 fully saturated rings. The van der Waals surface area contributed by atoms with Crippen molar-refractivity contribution < 1.29 is 21.6 Å². The fraction of sp³-hybridized carbons (Fsp3) is 0.160. The molecule has 4 rings (SSSR count). The summed E-state index contributed by atoms with van der Waals surface area (Å²) >= 11 is 6.23. The molecule has 0 N–H and O–H groups in total. The van der Waals surface area contributed by atoms with Crippen LogP contribution in [0.25, 0.3) is 28.1 Å². The summed E-state index contributed by atoms with van der Waals surface area (Å²) in [6, 6.07) is 20.9. The minimum Gasteiger partial charge on any atom is -0.231 e. The number of sulfone groups is 1. The minimum atomic E-state index is -4.62. The Balaban J connectivity index is 1.78. The zero-order valence-corrected chi connectivity index (χ0v) is 19.8. The summed E-state index contributed by atoms with van der Waals surface area (Å²) < 4.78 is 66.5. The predicted molar refractivity (Wildman–Crippen MR) is 127 cm³/mol. The van der Waals surface area contributed by atoms with Crippen molar-refractivity contribution in [2.75, 3.05) is 0 Å². The van der Waals surface area contributed by atoms with E-state index in [0.717, 1.165) is 11.6 Å². The molecule has 0 unspecified atom stereocenters. The van der Waals surface area contributed by atoms with E-state index in [9.17, 15) is 21.6 Å². The Morgan fingerprint density at radius 2 is 1.50 bits per heavy atom. The molecular formula is C25H20ClF3N2O2S. The second-order valence-corrected chi connectivity index (χ2v) is 10.9. The molecular weight excluding hydrogens is 485 g/mol. The van der Waals surface area contributed by atoms with E-state index < -0.39 is 27.0 Å². The molecule has 34 heavy (non-hydrogen) atoms. The highest BCUT2D eigenvalue weighted by atomic mass is 35.5. The number of halogens is 4. The van der Waals surface area contributed by atoms with Crippen LogP contribution in [-0.2, 0) is 16.0 Å². The van der Waals surface area contributed by atoms with Crippen LogP contribution in [0.5, 0.6) is 0 Å². The van der Waals surface area contributed by atoms with Crippen LogP contribution in [0.3, 0.4) is 0 Å². The number of aromatic nitrogens is 2. The van der Waals surface area contributed by atoms with Gasteiger partial charge >= 0.3 is 6.18 Å². The first-order valence-corrected chi connectivity index (χ1v) is 12.3. The summed E-state index contributed by atoms with van der Waals surface area (Å²) in [6.45, 7) is 3.24. The van der Waals surface area contributed by atoms with E-state index in [2.05, 4.69) is 5.10 Å². The number of benzene rings is 3. The average Bonchev–Trinajstić information content (AvgIpc) is 3.25. The number of rotatable bonds is 5. The Bertz CT molecular complexity index is 1440. The zero-order valence-electron chi connectivity index (χ0n) is 18.2. The Hall–Kier alpha value is -3.10. The summed E-state index contributed by atoms with van der Waals surface area (Å²) in [4.78, 5) is 0.218. The molecule has 0 aliphatic carbocycles. The maximum Gasteiger partial charge on any atom is 0.435 e. The molecule has 0 aliphatic rings. The molecule has 4 aromatic rings. The molecule has 0 spiro atoms. The lowest BCUT2D eigenvalue weighted by molar-refractivity contribution is -0.141. The van der Waals surface area contributed by atoms with Crippen LogP contribution in [0.2, 0.25) is 5.02 Å². The van der Waals surface area contributed by atoms with Gasteiger partial charge in [0.15, 0.2) is 15.5 Å². The van der Waals surface area contributed by atoms with Crippen molar-refractivity contribution in [3.8, 4) is 28.1 Å². The maximum atomic E-state index is 13.4. The largest absolute Gasteiger partial charge is 0.435 e. The molecule has 0 aliphatic heterocycles. The lowest BCUT2D eigenvalue weighted by Gasteiger charge is -2.11. The van der Waals surface area contributed by atoms with Gasteiger partial charge in [-0.15, -0.1) is 0 Å². The fourth-order valence-corrected chi connectivity index (χ4v) is 4.81. The quantitative estimate of drug-likeness (QED) is 0.292. The minimum absolute atomic E-state index is 0.218. The summed E-state index contributed by atoms with van der Waals surface area (Å²) in [5.41, 5.74) is 1.43. The van der Waals surface area contributed by atoms with E-state index in [0.29, 0.717) is 16.8 Å². The molecule has 0 amide bonds. The first-order valence-electron chi connectivity index (χ1n) is 10.4. The van der Waals surface area contributed by atoms with Gasteiger partial charge in [-0.25, -0.2) is 13.1 Å². The first-order chi connectivity index (χ1) is 16.0. The zero-order chi connectivity index (χ0) is 24.7. The van der Waals surface area contributed by atoms with E-state index in [-0.39, 0.29) is 15.6 Å². The molecule has 4 nitrogen and oxygen atoms in total. The summed E-state index contributed by atoms with van der Waals surface area (Å²) in [5, 5.41) is 3.47. The number of hydrogen-bond acceptors (Lipinski definition) is 3. The Kier molecular flexibility index (Phi) is 6.31. The molecule has 1 heterocycles. The third-order valence-corrected chi connectivity index (χ3v) is 7.85. The van der Waals surface area contributed by atoms with Crippen LogP contribution < -0.4 is 0 Å². The van der Waals surface area contributed by atoms with E-state index >= 15 is 0 Å². The van der Waals surface area contributed by atoms with Crippen LogP contribution in [0.4, 0.5) is 13.2 Å². The van der Waals surface area contributed by atoms with Gasteiger partial charge in [-0.2, -0.15) is 18.3 Å². The molecule has 1 aromatic heterocycles. The van der Waals surface area contributed by atoms with Gasteiger partial charge in [0.2, 0.25) is 0 Å². The van der Waals surface area contributed by atoms with Gasteiger partial charge in [0.1, 0.15) is 0 Å². The molecule has 176 valence electrons. The molecule has 0 saturated heterocycles. The van der Waals surface area contributed by atoms with Gasteiger partial charge < -0.3 is 0 Å². The van der Waals surface area contributed by atoms with Crippen molar-refractivity contribution in [3.63, 3.8) is 0 Å². The topological polar surface area (TPSA) is 52.0 Å². The van der Waals surface area contributed by atoms with Crippen molar-refractivity contribution in [2.24, 2.45) is 0 Å². The van der Waals surface area contributed by atoms with E-state index in [4.69, 9.17) is 11.6 Å². The number of hydrogen-bond donors (Lipinski definition) is 0. The molecule has 9 heteroatoms. The van der Waals surface area contributed by atoms with Crippen LogP contribution >= 0.6 is 11.6 Å². The Morgan fingerprint density at radius 1 is 0.853 bits per heavy atom. The lowest BCUT2D eigenvalue weighted by Crippen LogP contribution is -2.13. The van der Waals surface area contributed by atoms with Crippen LogP contribution in [-0.4, -0.2) is 23.4 Å². The third-order valence-electron chi connectivity index (χ3n) is 5.38. The van der Waals surface area contributed by atoms with Gasteiger partial charge in [0.25, 0.3) is 0 Å². The SMILES string of the molecule is CC(C)S(=O)(=O)c1cccc(-c2ccc(-c3cc(C(F)(F)F)nn3-c3ccccc3Cl)cc2)c1. The van der Waals surface area contributed by atoms with Gasteiger partial charge in [-0.1, -0.05) is 60.1 Å². The van der Waals surface area contributed by atoms with E-state index in [1.165, 1.54) is 4.68 Å². The van der Waals surface area contributed by atoms with Crippen LogP contribution in [0.1, 0.15) is 19.5 Å². The van der Waals surface area contributed by atoms with Gasteiger partial charge in [0.05, 0.1) is 26.5 Å². The normalized spacial score (nSPS) is 12.3. The molecule has 0 saturated carbocycles. The Morgan fingerprint density at radius 3 is 2.12 bits per heavy atom. The predicted octanol–water partition coefficient (Wildman–Crippen LogP) is 7.06. The standard InChI is InChI=1S/C25H20ClF3N2O2S/c1-16(2)34(32,33)20-7-5-6-19(14-20)17-10-12-18(13-11-17)23-15-24(25(27,28)29)30-31(23)22-9-4-3-8-21(22)26/h3-16H,1-2H3. The molecule has 0 bridgehead atoms.